The number of rotatable bonds is 5. The highest BCUT2D eigenvalue weighted by atomic mass is 32.2. The van der Waals surface area contributed by atoms with Gasteiger partial charge in [0, 0.05) is 31.9 Å². The van der Waals surface area contributed by atoms with Gasteiger partial charge in [0.05, 0.1) is 11.4 Å². The van der Waals surface area contributed by atoms with E-state index >= 15 is 0 Å². The first-order valence-electron chi connectivity index (χ1n) is 9.02. The molecule has 1 aliphatic rings. The molecule has 27 heavy (non-hydrogen) atoms. The van der Waals surface area contributed by atoms with E-state index in [1.807, 2.05) is 32.0 Å². The zero-order valence-corrected chi connectivity index (χ0v) is 16.5. The number of amides is 1. The predicted molar refractivity (Wildman–Crippen MR) is 106 cm³/mol. The number of piperazine rings is 1. The van der Waals surface area contributed by atoms with E-state index in [-0.39, 0.29) is 12.5 Å². The van der Waals surface area contributed by atoms with Gasteiger partial charge in [-0.2, -0.15) is 4.31 Å². The summed E-state index contributed by atoms with van der Waals surface area (Å²) in [6.45, 7) is 5.65. The van der Waals surface area contributed by atoms with Crippen LogP contribution in [0.5, 0.6) is 0 Å². The Kier molecular flexibility index (Phi) is 5.82. The highest BCUT2D eigenvalue weighted by Gasteiger charge is 2.29. The van der Waals surface area contributed by atoms with Crippen molar-refractivity contribution in [2.24, 2.45) is 0 Å². The topological polar surface area (TPSA) is 69.7 Å². The van der Waals surface area contributed by atoms with Gasteiger partial charge in [0.15, 0.2) is 0 Å². The molecule has 0 unspecified atom stereocenters. The first-order chi connectivity index (χ1) is 12.9. The van der Waals surface area contributed by atoms with Gasteiger partial charge in [-0.05, 0) is 37.1 Å². The first kappa shape index (κ1) is 19.4. The van der Waals surface area contributed by atoms with Crippen LogP contribution in [0.2, 0.25) is 0 Å². The van der Waals surface area contributed by atoms with Gasteiger partial charge >= 0.3 is 0 Å². The molecule has 0 saturated carbocycles. The summed E-state index contributed by atoms with van der Waals surface area (Å²) in [5, 5.41) is 3.22. The molecule has 1 heterocycles. The molecule has 0 radical (unpaired) electrons. The van der Waals surface area contributed by atoms with Crippen molar-refractivity contribution in [3.8, 4) is 0 Å². The maximum atomic E-state index is 12.7. The third-order valence-corrected chi connectivity index (χ3v) is 6.78. The average Bonchev–Trinajstić information content (AvgIpc) is 2.68. The van der Waals surface area contributed by atoms with Crippen LogP contribution in [0.4, 0.5) is 5.69 Å². The Bertz CT molecular complexity index is 885. The minimum atomic E-state index is -3.50. The molecule has 6 nitrogen and oxygen atoms in total. The van der Waals surface area contributed by atoms with Crippen molar-refractivity contribution in [3.05, 3.63) is 59.7 Å². The van der Waals surface area contributed by atoms with Gasteiger partial charge in [-0.1, -0.05) is 36.4 Å². The Balaban J connectivity index is 1.57. The highest BCUT2D eigenvalue weighted by molar-refractivity contribution is 7.89. The number of carbonyl (C=O) groups excluding carboxylic acids is 1. The third kappa shape index (κ3) is 4.31. The molecule has 1 saturated heterocycles. The molecule has 1 aliphatic heterocycles. The third-order valence-electron chi connectivity index (χ3n) is 4.87. The Labute approximate surface area is 160 Å². The van der Waals surface area contributed by atoms with E-state index in [1.54, 1.807) is 35.2 Å². The van der Waals surface area contributed by atoms with Gasteiger partial charge in [-0.15, -0.1) is 0 Å². The number of nitrogens with one attached hydrogen (secondary N) is 1. The van der Waals surface area contributed by atoms with Crippen molar-refractivity contribution in [3.63, 3.8) is 0 Å². The average molecular weight is 388 g/mol. The Morgan fingerprint density at radius 1 is 0.926 bits per heavy atom. The van der Waals surface area contributed by atoms with Crippen LogP contribution in [0.15, 0.2) is 53.4 Å². The van der Waals surface area contributed by atoms with E-state index in [4.69, 9.17) is 0 Å². The first-order valence-corrected chi connectivity index (χ1v) is 10.5. The molecule has 0 spiro atoms. The number of hydrogen-bond acceptors (Lipinski definition) is 4. The lowest BCUT2D eigenvalue weighted by Crippen LogP contribution is -2.51. The minimum absolute atomic E-state index is 0.0191. The van der Waals surface area contributed by atoms with Gasteiger partial charge < -0.3 is 10.2 Å². The predicted octanol–water partition coefficient (Wildman–Crippen LogP) is 2.25. The fourth-order valence-corrected chi connectivity index (χ4v) is 4.73. The standard InChI is InChI=1S/C20H25N3O3S/c1-16-7-6-8-17(2)20(16)21-15-19(24)22-11-13-23(14-12-22)27(25,26)18-9-4-3-5-10-18/h3-10,21H,11-15H2,1-2H3. The number of nitrogens with zero attached hydrogens (tertiary/aromatic N) is 2. The summed E-state index contributed by atoms with van der Waals surface area (Å²) in [6, 6.07) is 14.4. The molecule has 2 aromatic rings. The largest absolute Gasteiger partial charge is 0.376 e. The lowest BCUT2D eigenvalue weighted by molar-refractivity contribution is -0.130. The second-order valence-electron chi connectivity index (χ2n) is 6.72. The van der Waals surface area contributed by atoms with Crippen molar-refractivity contribution in [2.45, 2.75) is 18.7 Å². The Morgan fingerprint density at radius 2 is 1.52 bits per heavy atom. The normalized spacial score (nSPS) is 15.6. The van der Waals surface area contributed by atoms with E-state index in [0.717, 1.165) is 16.8 Å². The summed E-state index contributed by atoms with van der Waals surface area (Å²) < 4.78 is 26.8. The number of anilines is 1. The number of aryl methyl sites for hydroxylation is 2. The van der Waals surface area contributed by atoms with Crippen LogP contribution in [0, 0.1) is 13.8 Å². The Morgan fingerprint density at radius 3 is 2.11 bits per heavy atom. The molecule has 7 heteroatoms. The quantitative estimate of drug-likeness (QED) is 0.854. The van der Waals surface area contributed by atoms with Crippen LogP contribution < -0.4 is 5.32 Å². The smallest absolute Gasteiger partial charge is 0.243 e. The molecule has 0 aromatic heterocycles. The van der Waals surface area contributed by atoms with Gasteiger partial charge in [0.25, 0.3) is 0 Å². The summed E-state index contributed by atoms with van der Waals surface area (Å²) in [6.07, 6.45) is 0. The number of para-hydroxylation sites is 1. The summed E-state index contributed by atoms with van der Waals surface area (Å²) in [5.74, 6) is -0.0191. The van der Waals surface area contributed by atoms with Crippen LogP contribution in [-0.4, -0.2) is 56.3 Å². The number of sulfonamides is 1. The summed E-state index contributed by atoms with van der Waals surface area (Å²) in [7, 11) is -3.50. The fourth-order valence-electron chi connectivity index (χ4n) is 3.29. The van der Waals surface area contributed by atoms with Gasteiger partial charge in [0.1, 0.15) is 0 Å². The molecule has 144 valence electrons. The molecule has 2 aromatic carbocycles. The van der Waals surface area contributed by atoms with Crippen molar-refractivity contribution in [1.29, 1.82) is 0 Å². The monoisotopic (exact) mass is 387 g/mol. The number of carbonyl (C=O) groups is 1. The molecule has 1 fully saturated rings. The van der Waals surface area contributed by atoms with Gasteiger partial charge in [-0.3, -0.25) is 4.79 Å². The number of hydrogen-bond donors (Lipinski definition) is 1. The summed E-state index contributed by atoms with van der Waals surface area (Å²) in [4.78, 5) is 14.5. The van der Waals surface area contributed by atoms with E-state index < -0.39 is 10.0 Å². The Hall–Kier alpha value is -2.38. The zero-order valence-electron chi connectivity index (χ0n) is 15.7. The molecule has 1 amide bonds. The van der Waals surface area contributed by atoms with Crippen molar-refractivity contribution in [1.82, 2.24) is 9.21 Å². The maximum Gasteiger partial charge on any atom is 0.243 e. The van der Waals surface area contributed by atoms with Crippen molar-refractivity contribution >= 4 is 21.6 Å². The maximum absolute atomic E-state index is 12.7. The minimum Gasteiger partial charge on any atom is -0.376 e. The number of benzene rings is 2. The van der Waals surface area contributed by atoms with Crippen molar-refractivity contribution in [2.75, 3.05) is 38.0 Å². The van der Waals surface area contributed by atoms with Gasteiger partial charge in [-0.25, -0.2) is 8.42 Å². The van der Waals surface area contributed by atoms with E-state index in [2.05, 4.69) is 5.32 Å². The summed E-state index contributed by atoms with van der Waals surface area (Å²) >= 11 is 0. The molecular weight excluding hydrogens is 362 g/mol. The van der Waals surface area contributed by atoms with Crippen LogP contribution in [0.3, 0.4) is 0 Å². The second-order valence-corrected chi connectivity index (χ2v) is 8.66. The SMILES string of the molecule is Cc1cccc(C)c1NCC(=O)N1CCN(S(=O)(=O)c2ccccc2)CC1. The lowest BCUT2D eigenvalue weighted by Gasteiger charge is -2.34. The second kappa shape index (κ2) is 8.10. The van der Waals surface area contributed by atoms with E-state index in [9.17, 15) is 13.2 Å². The molecule has 0 aliphatic carbocycles. The molecule has 0 atom stereocenters. The van der Waals surface area contributed by atoms with E-state index in [0.29, 0.717) is 31.1 Å². The van der Waals surface area contributed by atoms with Crippen LogP contribution in [0.25, 0.3) is 0 Å². The van der Waals surface area contributed by atoms with Crippen molar-refractivity contribution < 1.29 is 13.2 Å². The zero-order chi connectivity index (χ0) is 19.4. The lowest BCUT2D eigenvalue weighted by atomic mass is 10.1. The fraction of sp³-hybridized carbons (Fsp3) is 0.350. The molecule has 1 N–H and O–H groups in total. The van der Waals surface area contributed by atoms with Crippen LogP contribution >= 0.6 is 0 Å². The molecular formula is C20H25N3O3S. The molecule has 0 bridgehead atoms. The van der Waals surface area contributed by atoms with E-state index in [1.165, 1.54) is 4.31 Å². The van der Waals surface area contributed by atoms with Crippen LogP contribution in [-0.2, 0) is 14.8 Å². The summed E-state index contributed by atoms with van der Waals surface area (Å²) in [5.41, 5.74) is 3.18. The van der Waals surface area contributed by atoms with Gasteiger partial charge in [0.2, 0.25) is 15.9 Å². The molecule has 3 rings (SSSR count). The highest BCUT2D eigenvalue weighted by Crippen LogP contribution is 2.20. The van der Waals surface area contributed by atoms with Crippen LogP contribution in [0.1, 0.15) is 11.1 Å².